The van der Waals surface area contributed by atoms with Crippen LogP contribution in [0.5, 0.6) is 0 Å². The number of nitrogens with two attached hydrogens (primary N) is 1. The van der Waals surface area contributed by atoms with Crippen LogP contribution in [0.25, 0.3) is 0 Å². The van der Waals surface area contributed by atoms with Crippen LogP contribution in [0.3, 0.4) is 0 Å². The Balaban J connectivity index is 3.13. The molecule has 5 nitrogen and oxygen atoms in total. The van der Waals surface area contributed by atoms with E-state index in [0.29, 0.717) is 25.3 Å². The van der Waals surface area contributed by atoms with Gasteiger partial charge in [-0.2, -0.15) is 0 Å². The van der Waals surface area contributed by atoms with Gasteiger partial charge in [-0.25, -0.2) is 0 Å². The SMILES string of the molecule is CC(C)CN(C(=O)C1(C(N)=NO)CCCCCC1)C(C)C. The zero-order chi connectivity index (χ0) is 16.0. The first-order chi connectivity index (χ1) is 9.85. The highest BCUT2D eigenvalue weighted by atomic mass is 16.4. The molecule has 0 aliphatic heterocycles. The first-order valence-corrected chi connectivity index (χ1v) is 8.14. The van der Waals surface area contributed by atoms with Gasteiger partial charge < -0.3 is 15.8 Å². The van der Waals surface area contributed by atoms with E-state index < -0.39 is 5.41 Å². The van der Waals surface area contributed by atoms with E-state index in [4.69, 9.17) is 5.73 Å². The summed E-state index contributed by atoms with van der Waals surface area (Å²) in [7, 11) is 0. The van der Waals surface area contributed by atoms with Crippen molar-refractivity contribution in [3.8, 4) is 0 Å². The molecule has 0 aromatic heterocycles. The number of oxime groups is 1. The Morgan fingerprint density at radius 3 is 2.10 bits per heavy atom. The molecule has 1 fully saturated rings. The number of carbonyl (C=O) groups excluding carboxylic acids is 1. The van der Waals surface area contributed by atoms with E-state index in [0.717, 1.165) is 25.7 Å². The predicted molar refractivity (Wildman–Crippen MR) is 85.2 cm³/mol. The van der Waals surface area contributed by atoms with Gasteiger partial charge in [0.2, 0.25) is 5.91 Å². The van der Waals surface area contributed by atoms with Gasteiger partial charge in [0, 0.05) is 12.6 Å². The van der Waals surface area contributed by atoms with Gasteiger partial charge in [0.25, 0.3) is 0 Å². The summed E-state index contributed by atoms with van der Waals surface area (Å²) in [6, 6.07) is 0.117. The molecule has 1 aliphatic rings. The standard InChI is InChI=1S/C16H31N3O2/c1-12(2)11-19(13(3)4)15(20)16(14(17)18-21)9-7-5-6-8-10-16/h12-13,21H,5-11H2,1-4H3,(H2,17,18). The molecule has 0 aromatic carbocycles. The van der Waals surface area contributed by atoms with Crippen molar-refractivity contribution >= 4 is 11.7 Å². The number of amides is 1. The molecule has 0 saturated heterocycles. The van der Waals surface area contributed by atoms with Gasteiger partial charge in [0.05, 0.1) is 0 Å². The minimum Gasteiger partial charge on any atom is -0.409 e. The minimum atomic E-state index is -0.815. The van der Waals surface area contributed by atoms with Crippen LogP contribution in [-0.4, -0.2) is 34.4 Å². The second-order valence-corrected chi connectivity index (χ2v) is 6.93. The Hall–Kier alpha value is -1.26. The molecular formula is C16H31N3O2. The lowest BCUT2D eigenvalue weighted by atomic mass is 9.77. The van der Waals surface area contributed by atoms with Crippen molar-refractivity contribution in [1.29, 1.82) is 0 Å². The summed E-state index contributed by atoms with van der Waals surface area (Å²) in [4.78, 5) is 15.1. The molecule has 0 radical (unpaired) electrons. The van der Waals surface area contributed by atoms with Crippen LogP contribution in [0.2, 0.25) is 0 Å². The number of nitrogens with zero attached hydrogens (tertiary/aromatic N) is 2. The highest BCUT2D eigenvalue weighted by molar-refractivity contribution is 6.06. The summed E-state index contributed by atoms with van der Waals surface area (Å²) >= 11 is 0. The molecule has 1 amide bonds. The minimum absolute atomic E-state index is 0.0309. The molecule has 0 aromatic rings. The van der Waals surface area contributed by atoms with Crippen molar-refractivity contribution in [2.45, 2.75) is 72.3 Å². The number of amidine groups is 1. The van der Waals surface area contributed by atoms with Crippen LogP contribution < -0.4 is 5.73 Å². The van der Waals surface area contributed by atoms with Crippen molar-refractivity contribution in [2.24, 2.45) is 22.2 Å². The third-order valence-corrected chi connectivity index (χ3v) is 4.41. The maximum atomic E-state index is 13.2. The van der Waals surface area contributed by atoms with Crippen LogP contribution >= 0.6 is 0 Å². The van der Waals surface area contributed by atoms with E-state index in [1.807, 2.05) is 18.7 Å². The predicted octanol–water partition coefficient (Wildman–Crippen LogP) is 2.97. The molecule has 3 N–H and O–H groups in total. The summed E-state index contributed by atoms with van der Waals surface area (Å²) in [6.45, 7) is 8.96. The number of hydrogen-bond acceptors (Lipinski definition) is 3. The van der Waals surface area contributed by atoms with E-state index in [1.165, 1.54) is 0 Å². The molecule has 0 spiro atoms. The molecule has 122 valence electrons. The van der Waals surface area contributed by atoms with Gasteiger partial charge in [-0.1, -0.05) is 44.7 Å². The Labute approximate surface area is 128 Å². The number of rotatable bonds is 5. The van der Waals surface area contributed by atoms with E-state index >= 15 is 0 Å². The first-order valence-electron chi connectivity index (χ1n) is 8.14. The maximum Gasteiger partial charge on any atom is 0.236 e. The number of carbonyl (C=O) groups is 1. The van der Waals surface area contributed by atoms with Gasteiger partial charge in [0.15, 0.2) is 5.84 Å². The van der Waals surface area contributed by atoms with Crippen LogP contribution in [-0.2, 0) is 4.79 Å². The van der Waals surface area contributed by atoms with Gasteiger partial charge >= 0.3 is 0 Å². The van der Waals surface area contributed by atoms with Gasteiger partial charge in [-0.3, -0.25) is 4.79 Å². The van der Waals surface area contributed by atoms with E-state index in [1.54, 1.807) is 0 Å². The van der Waals surface area contributed by atoms with E-state index in [9.17, 15) is 10.0 Å². The summed E-state index contributed by atoms with van der Waals surface area (Å²) in [5.74, 6) is 0.513. The smallest absolute Gasteiger partial charge is 0.236 e. The normalized spacial score (nSPS) is 19.6. The summed E-state index contributed by atoms with van der Waals surface area (Å²) in [5.41, 5.74) is 5.16. The zero-order valence-corrected chi connectivity index (χ0v) is 13.9. The zero-order valence-electron chi connectivity index (χ0n) is 13.9. The van der Waals surface area contributed by atoms with Crippen molar-refractivity contribution < 1.29 is 10.0 Å². The first kappa shape index (κ1) is 17.8. The van der Waals surface area contributed by atoms with E-state index in [2.05, 4.69) is 19.0 Å². The largest absolute Gasteiger partial charge is 0.409 e. The molecule has 1 rings (SSSR count). The fourth-order valence-electron chi connectivity index (χ4n) is 3.20. The second-order valence-electron chi connectivity index (χ2n) is 6.93. The molecule has 0 unspecified atom stereocenters. The second kappa shape index (κ2) is 7.66. The third-order valence-electron chi connectivity index (χ3n) is 4.41. The highest BCUT2D eigenvalue weighted by Gasteiger charge is 2.45. The average Bonchev–Trinajstić information content (AvgIpc) is 2.69. The molecular weight excluding hydrogens is 266 g/mol. The Morgan fingerprint density at radius 1 is 1.19 bits per heavy atom. The molecule has 0 bridgehead atoms. The van der Waals surface area contributed by atoms with E-state index in [-0.39, 0.29) is 17.8 Å². The van der Waals surface area contributed by atoms with Gasteiger partial charge in [0.1, 0.15) is 5.41 Å². The fourth-order valence-corrected chi connectivity index (χ4v) is 3.20. The summed E-state index contributed by atoms with van der Waals surface area (Å²) in [5, 5.41) is 12.4. The van der Waals surface area contributed by atoms with Crippen LogP contribution in [0.4, 0.5) is 0 Å². The molecule has 0 atom stereocenters. The van der Waals surface area contributed by atoms with Crippen LogP contribution in [0, 0.1) is 11.3 Å². The van der Waals surface area contributed by atoms with Gasteiger partial charge in [-0.15, -0.1) is 0 Å². The van der Waals surface area contributed by atoms with Crippen LogP contribution in [0.1, 0.15) is 66.2 Å². The summed E-state index contributed by atoms with van der Waals surface area (Å²) in [6.07, 6.45) is 5.50. The average molecular weight is 297 g/mol. The lowest BCUT2D eigenvalue weighted by Gasteiger charge is -2.38. The van der Waals surface area contributed by atoms with Crippen LogP contribution in [0.15, 0.2) is 5.16 Å². The quantitative estimate of drug-likeness (QED) is 0.269. The molecule has 5 heteroatoms. The topological polar surface area (TPSA) is 78.9 Å². The van der Waals surface area contributed by atoms with Crippen molar-refractivity contribution in [2.75, 3.05) is 6.54 Å². The van der Waals surface area contributed by atoms with Gasteiger partial charge in [-0.05, 0) is 32.6 Å². The third kappa shape index (κ3) is 4.11. The van der Waals surface area contributed by atoms with Crippen molar-refractivity contribution in [1.82, 2.24) is 4.90 Å². The molecule has 1 saturated carbocycles. The lowest BCUT2D eigenvalue weighted by Crippen LogP contribution is -2.54. The molecule has 21 heavy (non-hydrogen) atoms. The molecule has 0 heterocycles. The van der Waals surface area contributed by atoms with Crippen molar-refractivity contribution in [3.05, 3.63) is 0 Å². The molecule has 1 aliphatic carbocycles. The van der Waals surface area contributed by atoms with Crippen molar-refractivity contribution in [3.63, 3.8) is 0 Å². The maximum absolute atomic E-state index is 13.2. The monoisotopic (exact) mass is 297 g/mol. The lowest BCUT2D eigenvalue weighted by molar-refractivity contribution is -0.141. The Kier molecular flexibility index (Phi) is 6.49. The fraction of sp³-hybridized carbons (Fsp3) is 0.875. The highest BCUT2D eigenvalue weighted by Crippen LogP contribution is 2.38. The number of hydrogen-bond donors (Lipinski definition) is 2. The summed E-state index contributed by atoms with van der Waals surface area (Å²) < 4.78 is 0. The Bertz CT molecular complexity index is 370. The Morgan fingerprint density at radius 2 is 1.71 bits per heavy atom.